The van der Waals surface area contributed by atoms with Gasteiger partial charge in [0, 0.05) is 4.70 Å². The summed E-state index contributed by atoms with van der Waals surface area (Å²) in [5, 5.41) is 3.19. The van der Waals surface area contributed by atoms with Crippen LogP contribution in [0.3, 0.4) is 0 Å². The largest absolute Gasteiger partial charge is 0.435 e. The van der Waals surface area contributed by atoms with Gasteiger partial charge in [-0.3, -0.25) is 0 Å². The molecule has 0 radical (unpaired) electrons. The summed E-state index contributed by atoms with van der Waals surface area (Å²) in [6.45, 7) is -2.82. The normalized spacial score (nSPS) is 12.8. The molecule has 3 rings (SSSR count). The number of hydrogen-bond acceptors (Lipinski definition) is 3. The lowest BCUT2D eigenvalue weighted by atomic mass is 9.98. The Morgan fingerprint density at radius 3 is 2.48 bits per heavy atom. The molecular formula is C16H13F2NOS. The molecule has 1 unspecified atom stereocenters. The first kappa shape index (κ1) is 14.0. The molecule has 1 atom stereocenters. The van der Waals surface area contributed by atoms with Crippen LogP contribution in [0.25, 0.3) is 10.1 Å². The molecule has 0 spiro atoms. The SMILES string of the molecule is NC(c1ccc(OC(F)F)cc1)c1cccc2ccsc12. The summed E-state index contributed by atoms with van der Waals surface area (Å²) in [5.74, 6) is 0.135. The van der Waals surface area contributed by atoms with E-state index in [1.165, 1.54) is 12.1 Å². The smallest absolute Gasteiger partial charge is 0.387 e. The van der Waals surface area contributed by atoms with Crippen LogP contribution in [0.1, 0.15) is 17.2 Å². The second-order valence-corrected chi connectivity index (χ2v) is 5.53. The summed E-state index contributed by atoms with van der Waals surface area (Å²) in [5.41, 5.74) is 8.20. The van der Waals surface area contributed by atoms with E-state index in [0.29, 0.717) is 0 Å². The number of halogens is 2. The van der Waals surface area contributed by atoms with Gasteiger partial charge in [0.1, 0.15) is 5.75 Å². The average molecular weight is 305 g/mol. The van der Waals surface area contributed by atoms with Crippen LogP contribution in [0.2, 0.25) is 0 Å². The molecule has 108 valence electrons. The van der Waals surface area contributed by atoms with Gasteiger partial charge in [0.2, 0.25) is 0 Å². The molecule has 2 aromatic carbocycles. The fraction of sp³-hybridized carbons (Fsp3) is 0.125. The molecule has 0 bridgehead atoms. The van der Waals surface area contributed by atoms with Crippen LogP contribution in [0.5, 0.6) is 5.75 Å². The summed E-state index contributed by atoms with van der Waals surface area (Å²) < 4.78 is 29.8. The molecule has 21 heavy (non-hydrogen) atoms. The van der Waals surface area contributed by atoms with E-state index in [-0.39, 0.29) is 11.8 Å². The van der Waals surface area contributed by atoms with Crippen LogP contribution >= 0.6 is 11.3 Å². The first-order valence-corrected chi connectivity index (χ1v) is 7.29. The molecule has 2 nitrogen and oxygen atoms in total. The molecule has 0 amide bonds. The Morgan fingerprint density at radius 1 is 1.00 bits per heavy atom. The quantitative estimate of drug-likeness (QED) is 0.767. The highest BCUT2D eigenvalue weighted by molar-refractivity contribution is 7.17. The van der Waals surface area contributed by atoms with Gasteiger partial charge in [-0.25, -0.2) is 0 Å². The van der Waals surface area contributed by atoms with Gasteiger partial charge in [-0.2, -0.15) is 8.78 Å². The van der Waals surface area contributed by atoms with Crippen molar-refractivity contribution >= 4 is 21.4 Å². The van der Waals surface area contributed by atoms with E-state index in [0.717, 1.165) is 21.2 Å². The van der Waals surface area contributed by atoms with Crippen molar-refractivity contribution in [3.63, 3.8) is 0 Å². The molecule has 0 aliphatic carbocycles. The lowest BCUT2D eigenvalue weighted by molar-refractivity contribution is -0.0498. The van der Waals surface area contributed by atoms with E-state index >= 15 is 0 Å². The number of hydrogen-bond donors (Lipinski definition) is 1. The van der Waals surface area contributed by atoms with Gasteiger partial charge < -0.3 is 10.5 Å². The van der Waals surface area contributed by atoms with Crippen LogP contribution in [0, 0.1) is 0 Å². The maximum atomic E-state index is 12.1. The third kappa shape index (κ3) is 2.89. The standard InChI is InChI=1S/C16H13F2NOS/c17-16(18)20-12-6-4-10(5-7-12)14(19)13-3-1-2-11-8-9-21-15(11)13/h1-9,14,16H,19H2. The molecule has 2 N–H and O–H groups in total. The van der Waals surface area contributed by atoms with E-state index in [1.807, 2.05) is 23.6 Å². The average Bonchev–Trinajstić information content (AvgIpc) is 2.95. The molecule has 0 aliphatic heterocycles. The predicted molar refractivity (Wildman–Crippen MR) is 80.9 cm³/mol. The van der Waals surface area contributed by atoms with Gasteiger partial charge in [-0.15, -0.1) is 11.3 Å². The van der Waals surface area contributed by atoms with Crippen LogP contribution in [-0.2, 0) is 0 Å². The number of nitrogens with two attached hydrogens (primary N) is 1. The molecule has 3 aromatic rings. The van der Waals surface area contributed by atoms with Gasteiger partial charge in [0.05, 0.1) is 6.04 Å². The second kappa shape index (κ2) is 5.79. The van der Waals surface area contributed by atoms with E-state index in [1.54, 1.807) is 23.5 Å². The number of ether oxygens (including phenoxy) is 1. The monoisotopic (exact) mass is 305 g/mol. The van der Waals surface area contributed by atoms with E-state index < -0.39 is 6.61 Å². The van der Waals surface area contributed by atoms with Gasteiger partial charge in [0.25, 0.3) is 0 Å². The van der Waals surface area contributed by atoms with Crippen molar-refractivity contribution in [2.75, 3.05) is 0 Å². The summed E-state index contributed by atoms with van der Waals surface area (Å²) in [4.78, 5) is 0. The zero-order valence-corrected chi connectivity index (χ0v) is 11.8. The minimum atomic E-state index is -2.82. The Hall–Kier alpha value is -1.98. The number of rotatable bonds is 4. The van der Waals surface area contributed by atoms with E-state index in [2.05, 4.69) is 10.8 Å². The Morgan fingerprint density at radius 2 is 1.76 bits per heavy atom. The molecule has 5 heteroatoms. The molecule has 1 aromatic heterocycles. The number of alkyl halides is 2. The molecule has 1 heterocycles. The zero-order valence-electron chi connectivity index (χ0n) is 11.0. The summed E-state index contributed by atoms with van der Waals surface area (Å²) in [6, 6.07) is 14.2. The zero-order chi connectivity index (χ0) is 14.8. The summed E-state index contributed by atoms with van der Waals surface area (Å²) in [7, 11) is 0. The highest BCUT2D eigenvalue weighted by Gasteiger charge is 2.13. The fourth-order valence-electron chi connectivity index (χ4n) is 2.30. The van der Waals surface area contributed by atoms with Crippen LogP contribution in [0.15, 0.2) is 53.9 Å². The summed E-state index contributed by atoms with van der Waals surface area (Å²) >= 11 is 1.64. The van der Waals surface area contributed by atoms with Gasteiger partial charge in [-0.1, -0.05) is 30.3 Å². The topological polar surface area (TPSA) is 35.2 Å². The number of thiophene rings is 1. The van der Waals surface area contributed by atoms with Crippen LogP contribution in [0.4, 0.5) is 8.78 Å². The molecule has 0 aliphatic rings. The molecule has 0 saturated carbocycles. The van der Waals surface area contributed by atoms with Gasteiger partial charge >= 0.3 is 6.61 Å². The fourth-order valence-corrected chi connectivity index (χ4v) is 3.25. The number of fused-ring (bicyclic) bond motifs is 1. The maximum absolute atomic E-state index is 12.1. The van der Waals surface area contributed by atoms with Crippen molar-refractivity contribution in [3.05, 3.63) is 65.0 Å². The molecule has 0 saturated heterocycles. The van der Waals surface area contributed by atoms with E-state index in [4.69, 9.17) is 5.73 Å². The Balaban J connectivity index is 1.91. The second-order valence-electron chi connectivity index (χ2n) is 4.61. The van der Waals surface area contributed by atoms with Crippen molar-refractivity contribution in [2.24, 2.45) is 5.73 Å². The summed E-state index contributed by atoms with van der Waals surface area (Å²) in [6.07, 6.45) is 0. The van der Waals surface area contributed by atoms with Crippen molar-refractivity contribution in [3.8, 4) is 5.75 Å². The lowest BCUT2D eigenvalue weighted by Crippen LogP contribution is -2.12. The Labute approximate surface area is 124 Å². The highest BCUT2D eigenvalue weighted by Crippen LogP contribution is 2.31. The minimum absolute atomic E-state index is 0.135. The van der Waals surface area contributed by atoms with Gasteiger partial charge in [-0.05, 0) is 40.1 Å². The molecule has 0 fully saturated rings. The van der Waals surface area contributed by atoms with Gasteiger partial charge in [0.15, 0.2) is 0 Å². The predicted octanol–water partition coefficient (Wildman–Crippen LogP) is 4.55. The van der Waals surface area contributed by atoms with Crippen molar-refractivity contribution in [1.82, 2.24) is 0 Å². The van der Waals surface area contributed by atoms with Crippen molar-refractivity contribution in [2.45, 2.75) is 12.7 Å². The third-order valence-electron chi connectivity index (χ3n) is 3.31. The lowest BCUT2D eigenvalue weighted by Gasteiger charge is -2.14. The highest BCUT2D eigenvalue weighted by atomic mass is 32.1. The maximum Gasteiger partial charge on any atom is 0.387 e. The van der Waals surface area contributed by atoms with Crippen LogP contribution in [-0.4, -0.2) is 6.61 Å². The Kier molecular flexibility index (Phi) is 3.86. The third-order valence-corrected chi connectivity index (χ3v) is 4.29. The van der Waals surface area contributed by atoms with E-state index in [9.17, 15) is 8.78 Å². The molecular weight excluding hydrogens is 292 g/mol. The van der Waals surface area contributed by atoms with Crippen molar-refractivity contribution in [1.29, 1.82) is 0 Å². The van der Waals surface area contributed by atoms with Crippen molar-refractivity contribution < 1.29 is 13.5 Å². The Bertz CT molecular complexity index is 739. The minimum Gasteiger partial charge on any atom is -0.435 e. The number of benzene rings is 2. The first-order chi connectivity index (χ1) is 10.1. The van der Waals surface area contributed by atoms with Crippen LogP contribution < -0.4 is 10.5 Å². The first-order valence-electron chi connectivity index (χ1n) is 6.41.